The highest BCUT2D eigenvalue weighted by Gasteiger charge is 2.27. The van der Waals surface area contributed by atoms with Crippen LogP contribution < -0.4 is 4.74 Å². The summed E-state index contributed by atoms with van der Waals surface area (Å²) in [6.07, 6.45) is 0.361. The molecular weight excluding hydrogens is 272 g/mol. The van der Waals surface area contributed by atoms with Crippen LogP contribution in [0.4, 0.5) is 4.79 Å². The van der Waals surface area contributed by atoms with Crippen LogP contribution in [0, 0.1) is 0 Å². The Morgan fingerprint density at radius 1 is 1.29 bits per heavy atom. The van der Waals surface area contributed by atoms with Crippen molar-refractivity contribution in [3.63, 3.8) is 0 Å². The molecule has 0 bridgehead atoms. The van der Waals surface area contributed by atoms with E-state index in [9.17, 15) is 9.59 Å². The zero-order valence-electron chi connectivity index (χ0n) is 12.9. The number of likely N-dealkylation sites (N-methyl/N-ethyl adjacent to an activating group) is 1. The van der Waals surface area contributed by atoms with E-state index >= 15 is 0 Å². The highest BCUT2D eigenvalue weighted by atomic mass is 16.5. The third-order valence-corrected chi connectivity index (χ3v) is 3.37. The largest absolute Gasteiger partial charge is 0.496 e. The summed E-state index contributed by atoms with van der Waals surface area (Å²) in [7, 11) is 4.72. The number of para-hydroxylation sites is 1. The maximum absolute atomic E-state index is 12.3. The first-order chi connectivity index (χ1) is 9.92. The molecule has 0 saturated carbocycles. The molecule has 1 rings (SSSR count). The van der Waals surface area contributed by atoms with Crippen molar-refractivity contribution < 1.29 is 19.4 Å². The van der Waals surface area contributed by atoms with E-state index in [-0.39, 0.29) is 6.03 Å². The van der Waals surface area contributed by atoms with E-state index in [4.69, 9.17) is 9.84 Å². The fourth-order valence-corrected chi connectivity index (χ4v) is 2.17. The highest BCUT2D eigenvalue weighted by molar-refractivity contribution is 5.82. The first kappa shape index (κ1) is 16.8. The minimum absolute atomic E-state index is 0.338. The normalized spacial score (nSPS) is 11.6. The van der Waals surface area contributed by atoms with E-state index in [0.29, 0.717) is 18.7 Å². The molecule has 6 heteroatoms. The van der Waals surface area contributed by atoms with Crippen molar-refractivity contribution in [2.75, 3.05) is 21.2 Å². The second-order valence-electron chi connectivity index (χ2n) is 4.82. The SMILES string of the molecule is CCC(C(=O)O)N(C)C(=O)N(C)Cc1ccccc1OC. The minimum atomic E-state index is -1.00. The summed E-state index contributed by atoms with van der Waals surface area (Å²) in [4.78, 5) is 26.1. The summed E-state index contributed by atoms with van der Waals surface area (Å²) in [5.74, 6) is -0.302. The standard InChI is InChI=1S/C15H22N2O4/c1-5-12(14(18)19)17(3)15(20)16(2)10-11-8-6-7-9-13(11)21-4/h6-9,12H,5,10H2,1-4H3,(H,18,19). The second-order valence-corrected chi connectivity index (χ2v) is 4.82. The van der Waals surface area contributed by atoms with E-state index in [1.807, 2.05) is 24.3 Å². The van der Waals surface area contributed by atoms with Gasteiger partial charge < -0.3 is 19.6 Å². The molecule has 1 unspecified atom stereocenters. The van der Waals surface area contributed by atoms with E-state index in [2.05, 4.69) is 0 Å². The average Bonchev–Trinajstić information content (AvgIpc) is 2.47. The Kier molecular flexibility index (Phi) is 6.02. The predicted molar refractivity (Wildman–Crippen MR) is 79.3 cm³/mol. The molecule has 0 aliphatic carbocycles. The van der Waals surface area contributed by atoms with Gasteiger partial charge in [0.05, 0.1) is 13.7 Å². The van der Waals surface area contributed by atoms with Crippen LogP contribution >= 0.6 is 0 Å². The van der Waals surface area contributed by atoms with Gasteiger partial charge in [0.1, 0.15) is 11.8 Å². The molecular formula is C15H22N2O4. The van der Waals surface area contributed by atoms with Crippen LogP contribution in [0.25, 0.3) is 0 Å². The molecule has 6 nitrogen and oxygen atoms in total. The van der Waals surface area contributed by atoms with Gasteiger partial charge in [-0.2, -0.15) is 0 Å². The van der Waals surface area contributed by atoms with E-state index in [1.165, 1.54) is 16.8 Å². The summed E-state index contributed by atoms with van der Waals surface area (Å²) in [6, 6.07) is 6.26. The fourth-order valence-electron chi connectivity index (χ4n) is 2.17. The number of nitrogens with zero attached hydrogens (tertiary/aromatic N) is 2. The van der Waals surface area contributed by atoms with Gasteiger partial charge in [0, 0.05) is 19.7 Å². The van der Waals surface area contributed by atoms with Crippen molar-refractivity contribution in [3.05, 3.63) is 29.8 Å². The van der Waals surface area contributed by atoms with Crippen molar-refractivity contribution in [1.82, 2.24) is 9.80 Å². The van der Waals surface area contributed by atoms with Crippen LogP contribution in [-0.2, 0) is 11.3 Å². The number of carbonyl (C=O) groups excluding carboxylic acids is 1. The Bertz CT molecular complexity index is 504. The number of hydrogen-bond acceptors (Lipinski definition) is 3. The molecule has 1 atom stereocenters. The van der Waals surface area contributed by atoms with Crippen LogP contribution in [-0.4, -0.2) is 54.2 Å². The lowest BCUT2D eigenvalue weighted by Gasteiger charge is -2.29. The lowest BCUT2D eigenvalue weighted by molar-refractivity contribution is -0.142. The number of benzene rings is 1. The topological polar surface area (TPSA) is 70.1 Å². The van der Waals surface area contributed by atoms with Gasteiger partial charge >= 0.3 is 12.0 Å². The molecule has 0 radical (unpaired) electrons. The number of hydrogen-bond donors (Lipinski definition) is 1. The number of methoxy groups -OCH3 is 1. The fraction of sp³-hybridized carbons (Fsp3) is 0.467. The second kappa shape index (κ2) is 7.52. The van der Waals surface area contributed by atoms with Crippen LogP contribution in [0.5, 0.6) is 5.75 Å². The minimum Gasteiger partial charge on any atom is -0.496 e. The van der Waals surface area contributed by atoms with Crippen LogP contribution in [0.2, 0.25) is 0 Å². The van der Waals surface area contributed by atoms with Gasteiger partial charge in [0.15, 0.2) is 0 Å². The Hall–Kier alpha value is -2.24. The van der Waals surface area contributed by atoms with Crippen LogP contribution in [0.15, 0.2) is 24.3 Å². The average molecular weight is 294 g/mol. The van der Waals surface area contributed by atoms with Crippen molar-refractivity contribution in [2.24, 2.45) is 0 Å². The van der Waals surface area contributed by atoms with Gasteiger partial charge in [-0.3, -0.25) is 0 Å². The van der Waals surface area contributed by atoms with E-state index in [0.717, 1.165) is 5.56 Å². The quantitative estimate of drug-likeness (QED) is 0.871. The molecule has 2 amide bonds. The van der Waals surface area contributed by atoms with Gasteiger partial charge in [-0.05, 0) is 12.5 Å². The number of aliphatic carboxylic acids is 1. The zero-order valence-corrected chi connectivity index (χ0v) is 12.9. The van der Waals surface area contributed by atoms with Crippen molar-refractivity contribution in [2.45, 2.75) is 25.9 Å². The first-order valence-corrected chi connectivity index (χ1v) is 6.75. The molecule has 0 saturated heterocycles. The Balaban J connectivity index is 2.81. The number of rotatable bonds is 6. The van der Waals surface area contributed by atoms with E-state index < -0.39 is 12.0 Å². The number of amides is 2. The van der Waals surface area contributed by atoms with Crippen molar-refractivity contribution in [3.8, 4) is 5.75 Å². The van der Waals surface area contributed by atoms with Gasteiger partial charge in [0.25, 0.3) is 0 Å². The number of carboxylic acids is 1. The van der Waals surface area contributed by atoms with Gasteiger partial charge in [-0.25, -0.2) is 9.59 Å². The summed E-state index contributed by atoms with van der Waals surface area (Å²) in [5.41, 5.74) is 0.868. The molecule has 1 N–H and O–H groups in total. The highest BCUT2D eigenvalue weighted by Crippen LogP contribution is 2.19. The number of urea groups is 1. The third-order valence-electron chi connectivity index (χ3n) is 3.37. The van der Waals surface area contributed by atoms with Gasteiger partial charge in [-0.15, -0.1) is 0 Å². The van der Waals surface area contributed by atoms with Gasteiger partial charge in [-0.1, -0.05) is 25.1 Å². The number of carbonyl (C=O) groups is 2. The maximum Gasteiger partial charge on any atom is 0.326 e. The molecule has 21 heavy (non-hydrogen) atoms. The predicted octanol–water partition coefficient (Wildman–Crippen LogP) is 2.04. The third kappa shape index (κ3) is 4.11. The summed E-state index contributed by atoms with van der Waals surface area (Å²) < 4.78 is 5.25. The Morgan fingerprint density at radius 2 is 1.90 bits per heavy atom. The lowest BCUT2D eigenvalue weighted by Crippen LogP contribution is -2.47. The van der Waals surface area contributed by atoms with Gasteiger partial charge in [0.2, 0.25) is 0 Å². The number of carboxylic acid groups (broad SMARTS) is 1. The van der Waals surface area contributed by atoms with Crippen molar-refractivity contribution in [1.29, 1.82) is 0 Å². The van der Waals surface area contributed by atoms with E-state index in [1.54, 1.807) is 21.1 Å². The molecule has 116 valence electrons. The molecule has 0 heterocycles. The molecule has 0 aliphatic rings. The van der Waals surface area contributed by atoms with Crippen LogP contribution in [0.1, 0.15) is 18.9 Å². The smallest absolute Gasteiger partial charge is 0.326 e. The zero-order chi connectivity index (χ0) is 16.0. The summed E-state index contributed by atoms with van der Waals surface area (Å²) in [6.45, 7) is 2.09. The Labute approximate surface area is 124 Å². The molecule has 0 spiro atoms. The molecule has 0 aromatic heterocycles. The maximum atomic E-state index is 12.3. The van der Waals surface area contributed by atoms with Crippen LogP contribution in [0.3, 0.4) is 0 Å². The summed E-state index contributed by atoms with van der Waals surface area (Å²) in [5, 5.41) is 9.11. The molecule has 1 aromatic rings. The Morgan fingerprint density at radius 3 is 2.43 bits per heavy atom. The molecule has 0 aliphatic heterocycles. The summed E-state index contributed by atoms with van der Waals surface area (Å²) >= 11 is 0. The first-order valence-electron chi connectivity index (χ1n) is 6.75. The van der Waals surface area contributed by atoms with Crippen molar-refractivity contribution >= 4 is 12.0 Å². The number of ether oxygens (including phenoxy) is 1. The molecule has 0 fully saturated rings. The monoisotopic (exact) mass is 294 g/mol. The molecule has 1 aromatic carbocycles. The lowest BCUT2D eigenvalue weighted by atomic mass is 10.2.